The molecule has 0 aliphatic carbocycles. The summed E-state index contributed by atoms with van der Waals surface area (Å²) in [6.45, 7) is 4.33. The molecule has 0 bridgehead atoms. The van der Waals surface area contributed by atoms with Crippen LogP contribution in [0.5, 0.6) is 0 Å². The normalized spacial score (nSPS) is 25.8. The van der Waals surface area contributed by atoms with Gasteiger partial charge in [-0.05, 0) is 42.4 Å². The second-order valence-electron chi connectivity index (χ2n) is 5.32. The van der Waals surface area contributed by atoms with Crippen LogP contribution in [-0.4, -0.2) is 33.1 Å². The van der Waals surface area contributed by atoms with Crippen LogP contribution >= 0.6 is 35.6 Å². The van der Waals surface area contributed by atoms with Crippen molar-refractivity contribution in [3.05, 3.63) is 29.3 Å². The standard InChI is InChI=1S/C14H15ClN2OS2/c1-8(2)13-17-11(7-20-13)12(18)16(14(17)19)10-5-3-9(15)4-6-10/h3-6,8,11,13H,7H2,1-2H3. The predicted molar refractivity (Wildman–Crippen MR) is 88.2 cm³/mol. The number of fused-ring (bicyclic) bond motifs is 1. The zero-order valence-electron chi connectivity index (χ0n) is 11.2. The van der Waals surface area contributed by atoms with Gasteiger partial charge in [0.1, 0.15) is 6.04 Å². The van der Waals surface area contributed by atoms with E-state index in [2.05, 4.69) is 18.7 Å². The van der Waals surface area contributed by atoms with Gasteiger partial charge in [-0.25, -0.2) is 0 Å². The minimum atomic E-state index is -0.115. The van der Waals surface area contributed by atoms with Crippen LogP contribution in [0.25, 0.3) is 0 Å². The molecule has 0 saturated carbocycles. The second kappa shape index (κ2) is 5.20. The minimum Gasteiger partial charge on any atom is -0.323 e. The lowest BCUT2D eigenvalue weighted by Crippen LogP contribution is -2.39. The molecule has 20 heavy (non-hydrogen) atoms. The fourth-order valence-corrected chi connectivity index (χ4v) is 4.76. The minimum absolute atomic E-state index is 0.0768. The third kappa shape index (κ3) is 2.12. The fourth-order valence-electron chi connectivity index (χ4n) is 2.66. The smallest absolute Gasteiger partial charge is 0.257 e. The van der Waals surface area contributed by atoms with E-state index in [9.17, 15) is 4.79 Å². The third-order valence-electron chi connectivity index (χ3n) is 3.61. The van der Waals surface area contributed by atoms with Gasteiger partial charge in [-0.15, -0.1) is 11.8 Å². The number of hydrogen-bond acceptors (Lipinski definition) is 3. The summed E-state index contributed by atoms with van der Waals surface area (Å²) in [5.41, 5.74) is 0.798. The zero-order valence-corrected chi connectivity index (χ0v) is 13.6. The van der Waals surface area contributed by atoms with Crippen LogP contribution in [0, 0.1) is 5.92 Å². The van der Waals surface area contributed by atoms with Crippen molar-refractivity contribution >= 4 is 52.3 Å². The number of halogens is 1. The topological polar surface area (TPSA) is 23.6 Å². The molecule has 1 amide bonds. The number of thiocarbonyl (C=S) groups is 1. The van der Waals surface area contributed by atoms with Crippen LogP contribution < -0.4 is 4.90 Å². The van der Waals surface area contributed by atoms with Crippen molar-refractivity contribution in [2.24, 2.45) is 5.92 Å². The molecular weight excluding hydrogens is 312 g/mol. The maximum Gasteiger partial charge on any atom is 0.257 e. The quantitative estimate of drug-likeness (QED) is 0.777. The Morgan fingerprint density at radius 2 is 2.00 bits per heavy atom. The molecule has 2 unspecified atom stereocenters. The van der Waals surface area contributed by atoms with E-state index in [-0.39, 0.29) is 17.3 Å². The summed E-state index contributed by atoms with van der Waals surface area (Å²) in [6, 6.07) is 7.13. The van der Waals surface area contributed by atoms with Crippen molar-refractivity contribution in [3.8, 4) is 0 Å². The van der Waals surface area contributed by atoms with Gasteiger partial charge in [0.25, 0.3) is 5.91 Å². The zero-order chi connectivity index (χ0) is 14.4. The van der Waals surface area contributed by atoms with Crippen molar-refractivity contribution in [1.29, 1.82) is 0 Å². The fraction of sp³-hybridized carbons (Fsp3) is 0.429. The first-order valence-electron chi connectivity index (χ1n) is 6.54. The van der Waals surface area contributed by atoms with E-state index in [1.165, 1.54) is 0 Å². The third-order valence-corrected chi connectivity index (χ3v) is 5.87. The van der Waals surface area contributed by atoms with E-state index >= 15 is 0 Å². The summed E-state index contributed by atoms with van der Waals surface area (Å²) in [4.78, 5) is 16.3. The Bertz CT molecular complexity index is 561. The first-order chi connectivity index (χ1) is 9.50. The number of benzene rings is 1. The van der Waals surface area contributed by atoms with Crippen LogP contribution in [0.1, 0.15) is 13.8 Å². The van der Waals surface area contributed by atoms with Gasteiger partial charge in [-0.3, -0.25) is 9.69 Å². The van der Waals surface area contributed by atoms with Crippen molar-refractivity contribution in [3.63, 3.8) is 0 Å². The molecule has 1 aromatic rings. The Morgan fingerprint density at radius 3 is 2.60 bits per heavy atom. The average Bonchev–Trinajstić information content (AvgIpc) is 2.94. The van der Waals surface area contributed by atoms with Crippen molar-refractivity contribution in [2.45, 2.75) is 25.3 Å². The summed E-state index contributed by atoms with van der Waals surface area (Å²) in [5.74, 6) is 1.35. The Hall–Kier alpha value is -0.780. The summed E-state index contributed by atoms with van der Waals surface area (Å²) >= 11 is 13.3. The lowest BCUT2D eigenvalue weighted by atomic mass is 10.2. The molecule has 2 saturated heterocycles. The number of amides is 1. The molecule has 2 aliphatic rings. The molecule has 2 atom stereocenters. The molecule has 0 spiro atoms. The number of rotatable bonds is 2. The van der Waals surface area contributed by atoms with Crippen LogP contribution in [0.2, 0.25) is 5.02 Å². The van der Waals surface area contributed by atoms with E-state index in [4.69, 9.17) is 23.8 Å². The highest BCUT2D eigenvalue weighted by Crippen LogP contribution is 2.40. The first-order valence-corrected chi connectivity index (χ1v) is 8.37. The van der Waals surface area contributed by atoms with E-state index < -0.39 is 0 Å². The van der Waals surface area contributed by atoms with E-state index in [0.717, 1.165) is 11.4 Å². The Labute approximate surface area is 133 Å². The van der Waals surface area contributed by atoms with Crippen molar-refractivity contribution < 1.29 is 4.79 Å². The Balaban J connectivity index is 1.94. The van der Waals surface area contributed by atoms with Crippen molar-refractivity contribution in [2.75, 3.05) is 10.7 Å². The SMILES string of the molecule is CC(C)C1SCC2C(=O)N(c3ccc(Cl)cc3)C(=S)N21. The number of anilines is 1. The molecule has 2 heterocycles. The lowest BCUT2D eigenvalue weighted by Gasteiger charge is -2.27. The Morgan fingerprint density at radius 1 is 1.35 bits per heavy atom. The number of carbonyl (C=O) groups is 1. The molecule has 3 rings (SSSR count). The maximum absolute atomic E-state index is 12.6. The molecule has 0 aromatic heterocycles. The van der Waals surface area contributed by atoms with Crippen LogP contribution in [0.4, 0.5) is 5.69 Å². The van der Waals surface area contributed by atoms with E-state index in [1.807, 2.05) is 23.9 Å². The van der Waals surface area contributed by atoms with Crippen LogP contribution in [0.15, 0.2) is 24.3 Å². The van der Waals surface area contributed by atoms with Crippen LogP contribution in [0.3, 0.4) is 0 Å². The van der Waals surface area contributed by atoms with Gasteiger partial charge in [0, 0.05) is 10.8 Å². The Kier molecular flexibility index (Phi) is 3.69. The molecule has 0 N–H and O–H groups in total. The largest absolute Gasteiger partial charge is 0.323 e. The molecule has 3 nitrogen and oxygen atoms in total. The highest BCUT2D eigenvalue weighted by Gasteiger charge is 2.50. The second-order valence-corrected chi connectivity index (χ2v) is 7.27. The molecule has 2 fully saturated rings. The van der Waals surface area contributed by atoms with Gasteiger partial charge >= 0.3 is 0 Å². The summed E-state index contributed by atoms with van der Waals surface area (Å²) < 4.78 is 0. The number of thioether (sulfide) groups is 1. The highest BCUT2D eigenvalue weighted by atomic mass is 35.5. The molecule has 2 aliphatic heterocycles. The number of nitrogens with zero attached hydrogens (tertiary/aromatic N) is 2. The summed E-state index contributed by atoms with van der Waals surface area (Å²) in [6.07, 6.45) is 0. The summed E-state index contributed by atoms with van der Waals surface area (Å²) in [5, 5.41) is 1.56. The molecule has 106 valence electrons. The number of carbonyl (C=O) groups excluding carboxylic acids is 1. The highest BCUT2D eigenvalue weighted by molar-refractivity contribution is 8.00. The van der Waals surface area contributed by atoms with E-state index in [0.29, 0.717) is 16.1 Å². The number of hydrogen-bond donors (Lipinski definition) is 0. The van der Waals surface area contributed by atoms with E-state index in [1.54, 1.807) is 17.0 Å². The van der Waals surface area contributed by atoms with Gasteiger partial charge in [0.15, 0.2) is 5.11 Å². The first kappa shape index (κ1) is 14.2. The molecular formula is C14H15ClN2OS2. The molecule has 0 radical (unpaired) electrons. The van der Waals surface area contributed by atoms with Gasteiger partial charge in [-0.1, -0.05) is 25.4 Å². The monoisotopic (exact) mass is 326 g/mol. The van der Waals surface area contributed by atoms with Gasteiger partial charge < -0.3 is 4.90 Å². The lowest BCUT2D eigenvalue weighted by molar-refractivity contribution is -0.119. The van der Waals surface area contributed by atoms with Gasteiger partial charge in [0.2, 0.25) is 0 Å². The van der Waals surface area contributed by atoms with Gasteiger partial charge in [-0.2, -0.15) is 0 Å². The van der Waals surface area contributed by atoms with Crippen molar-refractivity contribution in [1.82, 2.24) is 4.90 Å². The average molecular weight is 327 g/mol. The molecule has 1 aromatic carbocycles. The molecule has 6 heteroatoms. The van der Waals surface area contributed by atoms with Crippen LogP contribution in [-0.2, 0) is 4.79 Å². The maximum atomic E-state index is 12.6. The predicted octanol–water partition coefficient (Wildman–Crippen LogP) is 3.37. The summed E-state index contributed by atoms with van der Waals surface area (Å²) in [7, 11) is 0. The van der Waals surface area contributed by atoms with Gasteiger partial charge in [0.05, 0.1) is 11.1 Å².